The van der Waals surface area contributed by atoms with Crippen LogP contribution in [0.25, 0.3) is 0 Å². The van der Waals surface area contributed by atoms with Gasteiger partial charge in [0.25, 0.3) is 0 Å². The van der Waals surface area contributed by atoms with Crippen molar-refractivity contribution in [1.29, 1.82) is 0 Å². The van der Waals surface area contributed by atoms with E-state index >= 15 is 0 Å². The normalized spacial score (nSPS) is 26.3. The van der Waals surface area contributed by atoms with Crippen LogP contribution in [0.5, 0.6) is 0 Å². The van der Waals surface area contributed by atoms with Crippen LogP contribution in [0.4, 0.5) is 0 Å². The monoisotopic (exact) mass is 236 g/mol. The van der Waals surface area contributed by atoms with Gasteiger partial charge in [-0.1, -0.05) is 6.92 Å². The van der Waals surface area contributed by atoms with Crippen molar-refractivity contribution in [2.75, 3.05) is 13.1 Å². The van der Waals surface area contributed by atoms with Crippen molar-refractivity contribution in [2.24, 2.45) is 0 Å². The molecule has 1 N–H and O–H groups in total. The third-order valence-corrected chi connectivity index (χ3v) is 3.67. The van der Waals surface area contributed by atoms with Crippen LogP contribution in [0, 0.1) is 0 Å². The molecule has 96 valence electrons. The molecule has 17 heavy (non-hydrogen) atoms. The molecule has 1 fully saturated rings. The van der Waals surface area contributed by atoms with E-state index in [9.17, 15) is 0 Å². The van der Waals surface area contributed by atoms with Gasteiger partial charge in [-0.3, -0.25) is 9.58 Å². The molecule has 1 aromatic heterocycles. The van der Waals surface area contributed by atoms with E-state index < -0.39 is 0 Å². The maximum Gasteiger partial charge on any atom is 0.0534 e. The lowest BCUT2D eigenvalue weighted by Crippen LogP contribution is -2.54. The summed E-state index contributed by atoms with van der Waals surface area (Å²) in [5.41, 5.74) is 1.33. The van der Waals surface area contributed by atoms with Gasteiger partial charge in [-0.15, -0.1) is 0 Å². The van der Waals surface area contributed by atoms with Gasteiger partial charge in [-0.25, -0.2) is 0 Å². The third kappa shape index (κ3) is 3.07. The predicted octanol–water partition coefficient (Wildman–Crippen LogP) is 1.48. The number of piperazine rings is 1. The minimum Gasteiger partial charge on any atom is -0.311 e. The van der Waals surface area contributed by atoms with Crippen LogP contribution in [0.15, 0.2) is 12.4 Å². The van der Waals surface area contributed by atoms with Gasteiger partial charge in [-0.2, -0.15) is 5.10 Å². The van der Waals surface area contributed by atoms with Crippen LogP contribution in [-0.4, -0.2) is 39.9 Å². The largest absolute Gasteiger partial charge is 0.311 e. The first-order chi connectivity index (χ1) is 8.22. The van der Waals surface area contributed by atoms with Crippen LogP contribution in [0.2, 0.25) is 0 Å². The molecule has 0 amide bonds. The fourth-order valence-corrected chi connectivity index (χ4v) is 2.38. The molecule has 1 aromatic rings. The summed E-state index contributed by atoms with van der Waals surface area (Å²) in [6.45, 7) is 10.9. The summed E-state index contributed by atoms with van der Waals surface area (Å²) in [5, 5.41) is 7.93. The van der Waals surface area contributed by atoms with Gasteiger partial charge >= 0.3 is 0 Å². The number of hydrogen-bond donors (Lipinski definition) is 1. The van der Waals surface area contributed by atoms with E-state index in [1.54, 1.807) is 0 Å². The van der Waals surface area contributed by atoms with Crippen LogP contribution in [-0.2, 0) is 13.1 Å². The van der Waals surface area contributed by atoms with E-state index in [0.29, 0.717) is 12.1 Å². The highest BCUT2D eigenvalue weighted by molar-refractivity contribution is 5.04. The average Bonchev–Trinajstić information content (AvgIpc) is 2.80. The number of rotatable bonds is 4. The SMILES string of the molecule is CCC1CN(Cc2cnn(CC)c2)C(C)CN1. The van der Waals surface area contributed by atoms with Crippen molar-refractivity contribution in [1.82, 2.24) is 20.0 Å². The second kappa shape index (κ2) is 5.65. The smallest absolute Gasteiger partial charge is 0.0534 e. The maximum atomic E-state index is 4.34. The molecule has 0 aromatic carbocycles. The van der Waals surface area contributed by atoms with E-state index in [1.807, 2.05) is 10.9 Å². The van der Waals surface area contributed by atoms with Crippen molar-refractivity contribution >= 4 is 0 Å². The average molecular weight is 236 g/mol. The summed E-state index contributed by atoms with van der Waals surface area (Å²) in [6, 6.07) is 1.26. The molecule has 2 rings (SSSR count). The Morgan fingerprint density at radius 3 is 2.94 bits per heavy atom. The van der Waals surface area contributed by atoms with Crippen molar-refractivity contribution in [3.05, 3.63) is 18.0 Å². The lowest BCUT2D eigenvalue weighted by Gasteiger charge is -2.38. The highest BCUT2D eigenvalue weighted by Gasteiger charge is 2.23. The van der Waals surface area contributed by atoms with Crippen LogP contribution >= 0.6 is 0 Å². The van der Waals surface area contributed by atoms with E-state index in [-0.39, 0.29) is 0 Å². The number of aromatic nitrogens is 2. The standard InChI is InChI=1S/C13H24N4/c1-4-13-10-16(11(3)6-14-13)8-12-7-15-17(5-2)9-12/h7,9,11,13-14H,4-6,8,10H2,1-3H3. The zero-order chi connectivity index (χ0) is 12.3. The Kier molecular flexibility index (Phi) is 4.18. The molecule has 0 spiro atoms. The van der Waals surface area contributed by atoms with E-state index in [1.165, 1.54) is 12.0 Å². The molecule has 2 atom stereocenters. The van der Waals surface area contributed by atoms with Crippen molar-refractivity contribution in [3.63, 3.8) is 0 Å². The highest BCUT2D eigenvalue weighted by atomic mass is 15.3. The molecule has 2 unspecified atom stereocenters. The first-order valence-corrected chi connectivity index (χ1v) is 6.71. The summed E-state index contributed by atoms with van der Waals surface area (Å²) < 4.78 is 2.00. The van der Waals surface area contributed by atoms with Crippen LogP contribution in [0.3, 0.4) is 0 Å². The first-order valence-electron chi connectivity index (χ1n) is 6.71. The van der Waals surface area contributed by atoms with Gasteiger partial charge in [0.05, 0.1) is 6.20 Å². The minimum absolute atomic E-state index is 0.614. The lowest BCUT2D eigenvalue weighted by molar-refractivity contribution is 0.131. The summed E-state index contributed by atoms with van der Waals surface area (Å²) in [4.78, 5) is 2.56. The van der Waals surface area contributed by atoms with E-state index in [2.05, 4.69) is 42.3 Å². The molecule has 2 heterocycles. The van der Waals surface area contributed by atoms with Crippen LogP contribution < -0.4 is 5.32 Å². The highest BCUT2D eigenvalue weighted by Crippen LogP contribution is 2.13. The Balaban J connectivity index is 1.96. The second-order valence-corrected chi connectivity index (χ2v) is 5.00. The molecule has 0 saturated carbocycles. The lowest BCUT2D eigenvalue weighted by atomic mass is 10.1. The molecule has 4 nitrogen and oxygen atoms in total. The van der Waals surface area contributed by atoms with Gasteiger partial charge in [-0.05, 0) is 20.3 Å². The number of nitrogens with zero attached hydrogens (tertiary/aromatic N) is 3. The van der Waals surface area contributed by atoms with Crippen molar-refractivity contribution < 1.29 is 0 Å². The first kappa shape index (κ1) is 12.6. The molecule has 0 radical (unpaired) electrons. The van der Waals surface area contributed by atoms with Crippen molar-refractivity contribution in [3.8, 4) is 0 Å². The zero-order valence-corrected chi connectivity index (χ0v) is 11.2. The molecule has 4 heteroatoms. The Morgan fingerprint density at radius 2 is 2.29 bits per heavy atom. The molecular formula is C13H24N4. The summed E-state index contributed by atoms with van der Waals surface area (Å²) in [6.07, 6.45) is 5.37. The van der Waals surface area contributed by atoms with Gasteiger partial charge in [0.1, 0.15) is 0 Å². The zero-order valence-electron chi connectivity index (χ0n) is 11.2. The number of hydrogen-bond acceptors (Lipinski definition) is 3. The summed E-state index contributed by atoms with van der Waals surface area (Å²) in [7, 11) is 0. The second-order valence-electron chi connectivity index (χ2n) is 5.00. The molecule has 0 bridgehead atoms. The third-order valence-electron chi connectivity index (χ3n) is 3.67. The Hall–Kier alpha value is -0.870. The topological polar surface area (TPSA) is 33.1 Å². The van der Waals surface area contributed by atoms with E-state index in [4.69, 9.17) is 0 Å². The Labute approximate surface area is 104 Å². The van der Waals surface area contributed by atoms with Gasteiger partial charge in [0.15, 0.2) is 0 Å². The van der Waals surface area contributed by atoms with Gasteiger partial charge < -0.3 is 5.32 Å². The van der Waals surface area contributed by atoms with Gasteiger partial charge in [0, 0.05) is 50.0 Å². The van der Waals surface area contributed by atoms with Gasteiger partial charge in [0.2, 0.25) is 0 Å². The maximum absolute atomic E-state index is 4.34. The molecule has 1 aliphatic rings. The fraction of sp³-hybridized carbons (Fsp3) is 0.769. The summed E-state index contributed by atoms with van der Waals surface area (Å²) in [5.74, 6) is 0. The number of nitrogens with one attached hydrogen (secondary N) is 1. The van der Waals surface area contributed by atoms with Crippen molar-refractivity contribution in [2.45, 2.75) is 52.4 Å². The quantitative estimate of drug-likeness (QED) is 0.859. The fourth-order valence-electron chi connectivity index (χ4n) is 2.38. The predicted molar refractivity (Wildman–Crippen MR) is 69.9 cm³/mol. The number of aryl methyl sites for hydroxylation is 1. The Morgan fingerprint density at radius 1 is 1.47 bits per heavy atom. The molecule has 0 aliphatic carbocycles. The van der Waals surface area contributed by atoms with Crippen LogP contribution in [0.1, 0.15) is 32.8 Å². The molecule has 1 aliphatic heterocycles. The molecular weight excluding hydrogens is 212 g/mol. The Bertz CT molecular complexity index is 347. The molecule has 1 saturated heterocycles. The minimum atomic E-state index is 0.614. The van der Waals surface area contributed by atoms with E-state index in [0.717, 1.165) is 26.2 Å². The summed E-state index contributed by atoms with van der Waals surface area (Å²) >= 11 is 0.